The molecule has 4 aromatic heterocycles. The molecule has 0 amide bonds. The van der Waals surface area contributed by atoms with Crippen molar-refractivity contribution < 1.29 is 8.94 Å². The maximum Gasteiger partial charge on any atom is 0.176 e. The quantitative estimate of drug-likeness (QED) is 0.437. The average molecular weight is 358 g/mol. The summed E-state index contributed by atoms with van der Waals surface area (Å²) in [5.41, 5.74) is 7.38. The summed E-state index contributed by atoms with van der Waals surface area (Å²) in [5, 5.41) is 8.71. The molecule has 27 heavy (non-hydrogen) atoms. The Hall–Kier alpha value is -3.54. The lowest BCUT2D eigenvalue weighted by Crippen LogP contribution is -1.94. The van der Waals surface area contributed by atoms with Crippen LogP contribution in [0.2, 0.25) is 0 Å². The summed E-state index contributed by atoms with van der Waals surface area (Å²) in [6.45, 7) is 5.89. The molecule has 0 saturated heterocycles. The molecule has 2 N–H and O–H groups in total. The number of aromatic nitrogens is 3. The Bertz CT molecular complexity index is 1270. The molecule has 0 aliphatic carbocycles. The Morgan fingerprint density at radius 1 is 1.04 bits per heavy atom. The number of aryl methyl sites for hydroxylation is 3. The number of furan rings is 1. The van der Waals surface area contributed by atoms with Crippen LogP contribution in [0.3, 0.4) is 0 Å². The van der Waals surface area contributed by atoms with Crippen molar-refractivity contribution >= 4 is 33.4 Å². The minimum absolute atomic E-state index is 0.709. The van der Waals surface area contributed by atoms with E-state index in [1.807, 2.05) is 32.2 Å². The molecule has 6 nitrogen and oxygen atoms in total. The van der Waals surface area contributed by atoms with E-state index in [1.54, 1.807) is 6.20 Å². The first kappa shape index (κ1) is 15.7. The minimum Gasteiger partial charge on any atom is -0.452 e. The van der Waals surface area contributed by atoms with Crippen molar-refractivity contribution in [1.29, 1.82) is 0 Å². The van der Waals surface area contributed by atoms with E-state index in [1.165, 1.54) is 10.9 Å². The molecule has 0 atom stereocenters. The molecule has 0 spiro atoms. The lowest BCUT2D eigenvalue weighted by molar-refractivity contribution is 0.393. The first-order chi connectivity index (χ1) is 13.1. The molecular weight excluding hydrogens is 340 g/mol. The number of hydrogen-bond donors (Lipinski definition) is 2. The largest absolute Gasteiger partial charge is 0.452 e. The third-order valence-corrected chi connectivity index (χ3v) is 4.96. The van der Waals surface area contributed by atoms with Crippen LogP contribution >= 0.6 is 0 Å². The van der Waals surface area contributed by atoms with Gasteiger partial charge in [0.05, 0.1) is 16.9 Å². The van der Waals surface area contributed by atoms with Crippen LogP contribution in [0, 0.1) is 20.8 Å². The van der Waals surface area contributed by atoms with E-state index >= 15 is 0 Å². The Labute approximate surface area is 155 Å². The lowest BCUT2D eigenvalue weighted by Gasteiger charge is -2.10. The zero-order valence-corrected chi connectivity index (χ0v) is 15.3. The fraction of sp³-hybridized carbons (Fsp3) is 0.143. The molecule has 0 unspecified atom stereocenters. The van der Waals surface area contributed by atoms with Gasteiger partial charge in [-0.2, -0.15) is 0 Å². The van der Waals surface area contributed by atoms with Gasteiger partial charge in [0.15, 0.2) is 5.58 Å². The summed E-state index contributed by atoms with van der Waals surface area (Å²) >= 11 is 0. The standard InChI is InChI=1S/C21H18N4O2/c1-11-14-6-8-22-16(14)5-4-15(11)24-17-7-9-23-18-10-19(26-21(17)18)20-12(2)25-27-13(20)3/h4-10,22H,1-3H3,(H,23,24). The lowest BCUT2D eigenvalue weighted by atomic mass is 10.1. The number of pyridine rings is 1. The number of anilines is 2. The smallest absolute Gasteiger partial charge is 0.176 e. The number of hydrogen-bond acceptors (Lipinski definition) is 5. The number of rotatable bonds is 3. The maximum absolute atomic E-state index is 6.16. The van der Waals surface area contributed by atoms with Gasteiger partial charge in [-0.15, -0.1) is 0 Å². The maximum atomic E-state index is 6.16. The van der Waals surface area contributed by atoms with E-state index in [4.69, 9.17) is 8.94 Å². The third kappa shape index (κ3) is 2.41. The van der Waals surface area contributed by atoms with Gasteiger partial charge in [0.25, 0.3) is 0 Å². The van der Waals surface area contributed by atoms with Crippen LogP contribution in [0.1, 0.15) is 17.0 Å². The molecule has 0 fully saturated rings. The van der Waals surface area contributed by atoms with Crippen molar-refractivity contribution in [3.8, 4) is 11.3 Å². The first-order valence-electron chi connectivity index (χ1n) is 8.77. The van der Waals surface area contributed by atoms with Gasteiger partial charge < -0.3 is 19.2 Å². The summed E-state index contributed by atoms with van der Waals surface area (Å²) < 4.78 is 11.4. The summed E-state index contributed by atoms with van der Waals surface area (Å²) in [7, 11) is 0. The van der Waals surface area contributed by atoms with E-state index in [0.717, 1.165) is 39.4 Å². The van der Waals surface area contributed by atoms with Gasteiger partial charge in [0, 0.05) is 35.1 Å². The molecule has 0 bridgehead atoms. The average Bonchev–Trinajstić information content (AvgIpc) is 3.36. The van der Waals surface area contributed by atoms with Gasteiger partial charge in [0.1, 0.15) is 17.0 Å². The number of nitrogens with one attached hydrogen (secondary N) is 2. The second-order valence-corrected chi connectivity index (χ2v) is 6.68. The van der Waals surface area contributed by atoms with Crippen LogP contribution in [0.25, 0.3) is 33.3 Å². The van der Waals surface area contributed by atoms with Crippen molar-refractivity contribution in [1.82, 2.24) is 15.1 Å². The number of fused-ring (bicyclic) bond motifs is 2. The highest BCUT2D eigenvalue weighted by Crippen LogP contribution is 2.36. The van der Waals surface area contributed by atoms with E-state index in [-0.39, 0.29) is 0 Å². The summed E-state index contributed by atoms with van der Waals surface area (Å²) in [4.78, 5) is 7.69. The topological polar surface area (TPSA) is 79.9 Å². The Morgan fingerprint density at radius 3 is 2.74 bits per heavy atom. The van der Waals surface area contributed by atoms with Crippen molar-refractivity contribution in [3.05, 3.63) is 59.7 Å². The highest BCUT2D eigenvalue weighted by molar-refractivity contribution is 5.94. The van der Waals surface area contributed by atoms with E-state index < -0.39 is 0 Å². The Kier molecular flexibility index (Phi) is 3.33. The van der Waals surface area contributed by atoms with Crippen LogP contribution < -0.4 is 5.32 Å². The second-order valence-electron chi connectivity index (χ2n) is 6.68. The zero-order chi connectivity index (χ0) is 18.5. The Balaban J connectivity index is 1.62. The molecule has 1 aromatic carbocycles. The highest BCUT2D eigenvalue weighted by Gasteiger charge is 2.18. The number of benzene rings is 1. The van der Waals surface area contributed by atoms with Gasteiger partial charge in [-0.05, 0) is 50.6 Å². The van der Waals surface area contributed by atoms with Gasteiger partial charge in [-0.25, -0.2) is 0 Å². The predicted octanol–water partition coefficient (Wildman–Crippen LogP) is 5.63. The normalized spacial score (nSPS) is 11.5. The molecule has 6 heteroatoms. The summed E-state index contributed by atoms with van der Waals surface area (Å²) in [6, 6.07) is 10.1. The second kappa shape index (κ2) is 5.74. The number of nitrogens with zero attached hydrogens (tertiary/aromatic N) is 2. The van der Waals surface area contributed by atoms with Crippen molar-refractivity contribution in [2.45, 2.75) is 20.8 Å². The van der Waals surface area contributed by atoms with E-state index in [2.05, 4.69) is 45.6 Å². The molecule has 0 aliphatic heterocycles. The fourth-order valence-corrected chi connectivity index (χ4v) is 3.56. The van der Waals surface area contributed by atoms with Crippen LogP contribution in [0.15, 0.2) is 51.7 Å². The fourth-order valence-electron chi connectivity index (χ4n) is 3.56. The van der Waals surface area contributed by atoms with Crippen molar-refractivity contribution in [2.75, 3.05) is 5.32 Å². The molecule has 0 aliphatic rings. The monoisotopic (exact) mass is 358 g/mol. The van der Waals surface area contributed by atoms with Crippen LogP contribution in [0.4, 0.5) is 11.4 Å². The van der Waals surface area contributed by atoms with Gasteiger partial charge in [-0.3, -0.25) is 4.98 Å². The van der Waals surface area contributed by atoms with Crippen molar-refractivity contribution in [3.63, 3.8) is 0 Å². The van der Waals surface area contributed by atoms with E-state index in [0.29, 0.717) is 11.3 Å². The van der Waals surface area contributed by atoms with Crippen molar-refractivity contribution in [2.24, 2.45) is 0 Å². The first-order valence-corrected chi connectivity index (χ1v) is 8.77. The summed E-state index contributed by atoms with van der Waals surface area (Å²) in [5.74, 6) is 1.44. The van der Waals surface area contributed by atoms with Crippen LogP contribution in [0.5, 0.6) is 0 Å². The van der Waals surface area contributed by atoms with Gasteiger partial charge in [0.2, 0.25) is 0 Å². The van der Waals surface area contributed by atoms with Gasteiger partial charge >= 0.3 is 0 Å². The molecule has 134 valence electrons. The molecule has 4 heterocycles. The predicted molar refractivity (Wildman–Crippen MR) is 105 cm³/mol. The molecule has 5 aromatic rings. The van der Waals surface area contributed by atoms with Crippen LogP contribution in [-0.2, 0) is 0 Å². The molecular formula is C21H18N4O2. The SMILES string of the molecule is Cc1noc(C)c1-c1cc2nccc(Nc3ccc4[nH]ccc4c3C)c2o1. The highest BCUT2D eigenvalue weighted by atomic mass is 16.5. The molecule has 0 saturated carbocycles. The molecule has 0 radical (unpaired) electrons. The molecule has 5 rings (SSSR count). The number of aromatic amines is 1. The zero-order valence-electron chi connectivity index (χ0n) is 15.3. The Morgan fingerprint density at radius 2 is 1.93 bits per heavy atom. The van der Waals surface area contributed by atoms with Crippen LogP contribution in [-0.4, -0.2) is 15.1 Å². The minimum atomic E-state index is 0.709. The number of H-pyrrole nitrogens is 1. The van der Waals surface area contributed by atoms with Gasteiger partial charge in [-0.1, -0.05) is 5.16 Å². The third-order valence-electron chi connectivity index (χ3n) is 4.96. The summed E-state index contributed by atoms with van der Waals surface area (Å²) in [6.07, 6.45) is 3.73. The van der Waals surface area contributed by atoms with E-state index in [9.17, 15) is 0 Å².